The highest BCUT2D eigenvalue weighted by Gasteiger charge is 2.33. The number of phenols is 1. The van der Waals surface area contributed by atoms with Crippen molar-refractivity contribution >= 4 is 80.1 Å². The number of hydrogen-bond donors (Lipinski definition) is 6. The van der Waals surface area contributed by atoms with Gasteiger partial charge in [0.05, 0.1) is 53.9 Å². The molecule has 22 heteroatoms. The molecule has 3 rings (SSSR count). The maximum Gasteiger partial charge on any atom is 0.416 e. The second-order valence-electron chi connectivity index (χ2n) is 7.41. The Balaban J connectivity index is 0.000000354. The fourth-order valence-electron chi connectivity index (χ4n) is 2.54. The molecule has 7 N–H and O–H groups in total. The van der Waals surface area contributed by atoms with Gasteiger partial charge in [0.25, 0.3) is 0 Å². The third-order valence-corrected chi connectivity index (χ3v) is 6.70. The number of nitriles is 1. The average Bonchev–Trinajstić information content (AvgIpc) is 3.22. The number of alkyl halides is 3. The minimum Gasteiger partial charge on any atom is -0.506 e. The molecular weight excluding hydrogens is 771 g/mol. The van der Waals surface area contributed by atoms with Gasteiger partial charge in [-0.2, -0.15) is 23.5 Å². The summed E-state index contributed by atoms with van der Waals surface area (Å²) >= 11 is 17.7. The second kappa shape index (κ2) is 15.5. The van der Waals surface area contributed by atoms with E-state index in [2.05, 4.69) is 42.3 Å². The van der Waals surface area contributed by atoms with Crippen LogP contribution in [0.2, 0.25) is 10.0 Å². The molecular formula is C20H16Br2Cl2F3N6O8P. The van der Waals surface area contributed by atoms with Crippen molar-refractivity contribution in [2.45, 2.75) is 6.18 Å². The zero-order valence-electron chi connectivity index (χ0n) is 20.2. The largest absolute Gasteiger partial charge is 0.506 e. The predicted octanol–water partition coefficient (Wildman–Crippen LogP) is 5.27. The van der Waals surface area contributed by atoms with Gasteiger partial charge in [-0.25, -0.2) is 4.68 Å². The maximum absolute atomic E-state index is 12.6. The topological polar surface area (TPSA) is 238 Å². The molecule has 0 saturated heterocycles. The first-order valence-electron chi connectivity index (χ1n) is 10.3. The van der Waals surface area contributed by atoms with Crippen LogP contribution in [0.3, 0.4) is 0 Å². The minimum atomic E-state index is -4.63. The predicted molar refractivity (Wildman–Crippen MR) is 150 cm³/mol. The number of hydrogen-bond acceptors (Lipinski definition) is 9. The molecule has 0 radical (unpaired) electrons. The molecule has 0 atom stereocenters. The molecule has 2 aromatic carbocycles. The number of halogens is 7. The summed E-state index contributed by atoms with van der Waals surface area (Å²) in [5, 5.41) is 41.3. The van der Waals surface area contributed by atoms with Gasteiger partial charge in [0.2, 0.25) is 5.82 Å². The fourth-order valence-corrected chi connectivity index (χ4v) is 4.77. The van der Waals surface area contributed by atoms with Crippen molar-refractivity contribution in [2.24, 2.45) is 0 Å². The monoisotopic (exact) mass is 784 g/mol. The summed E-state index contributed by atoms with van der Waals surface area (Å²) in [6.45, 7) is -0.439. The summed E-state index contributed by atoms with van der Waals surface area (Å²) < 4.78 is 49.7. The number of carbonyl (C=O) groups is 1. The molecule has 3 aromatic rings. The number of rotatable bonds is 6. The number of nitrogens with zero attached hydrogens (tertiary/aromatic N) is 4. The van der Waals surface area contributed by atoms with E-state index in [4.69, 9.17) is 49.1 Å². The second-order valence-corrected chi connectivity index (χ2v) is 11.6. The Morgan fingerprint density at radius 2 is 1.71 bits per heavy atom. The van der Waals surface area contributed by atoms with E-state index in [0.29, 0.717) is 26.6 Å². The number of aromatic hydroxyl groups is 1. The van der Waals surface area contributed by atoms with Gasteiger partial charge in [-0.3, -0.25) is 24.8 Å². The van der Waals surface area contributed by atoms with Gasteiger partial charge in [0, 0.05) is 0 Å². The van der Waals surface area contributed by atoms with Gasteiger partial charge in [-0.15, -0.1) is 0 Å². The SMILES string of the molecule is N#Cc1cc(Br)c(O)c(Br)c1.Nc1c([N+](=O)[O-])cnn1-c1c(Cl)cc(C(F)(F)F)cc1Cl.O=C(O)CNCP(=O)(O)O. The molecule has 0 fully saturated rings. The van der Waals surface area contributed by atoms with E-state index in [1.54, 1.807) is 12.1 Å². The standard InChI is InChI=1S/C10H5Cl2F3N4O2.C7H3Br2NO.C3H8NO5P/c11-5-1-4(10(13,14)15)2-6(12)8(5)18-9(16)7(3-17-18)19(20)21;8-5-1-4(3-10)2-6(9)7(5)11;5-3(6)1-4-2-10(7,8)9/h1-3H,16H2;1-2,11H;4H,1-2H2,(H,5,6)(H2,7,8,9). The van der Waals surface area contributed by atoms with Crippen LogP contribution >= 0.6 is 62.7 Å². The van der Waals surface area contributed by atoms with Crippen molar-refractivity contribution in [3.05, 3.63) is 70.7 Å². The van der Waals surface area contributed by atoms with Crippen molar-refractivity contribution in [3.63, 3.8) is 0 Å². The van der Waals surface area contributed by atoms with Gasteiger partial charge in [0.15, 0.2) is 0 Å². The Bertz CT molecular complexity index is 1520. The number of carboxylic acid groups (broad SMARTS) is 1. The molecule has 0 aliphatic carbocycles. The molecule has 1 aromatic heterocycles. The lowest BCUT2D eigenvalue weighted by molar-refractivity contribution is -0.383. The third-order valence-electron chi connectivity index (χ3n) is 4.28. The van der Waals surface area contributed by atoms with Gasteiger partial charge in [-0.1, -0.05) is 23.2 Å². The van der Waals surface area contributed by atoms with Gasteiger partial charge < -0.3 is 25.7 Å². The molecule has 228 valence electrons. The quantitative estimate of drug-likeness (QED) is 0.106. The van der Waals surface area contributed by atoms with Crippen LogP contribution in [0.1, 0.15) is 11.1 Å². The minimum absolute atomic E-state index is 0.115. The molecule has 0 aliphatic heterocycles. The highest BCUT2D eigenvalue weighted by atomic mass is 79.9. The Labute approximate surface area is 260 Å². The Hall–Kier alpha value is -2.95. The van der Waals surface area contributed by atoms with Crippen LogP contribution in [0.25, 0.3) is 5.69 Å². The molecule has 0 spiro atoms. The number of nitro groups is 1. The third kappa shape index (κ3) is 11.4. The lowest BCUT2D eigenvalue weighted by atomic mass is 10.2. The number of nitrogens with one attached hydrogen (secondary N) is 1. The smallest absolute Gasteiger partial charge is 0.416 e. The molecule has 0 aliphatic rings. The number of carboxylic acids is 1. The van der Waals surface area contributed by atoms with Crippen LogP contribution in [-0.4, -0.2) is 53.5 Å². The van der Waals surface area contributed by atoms with Crippen molar-refractivity contribution in [1.82, 2.24) is 15.1 Å². The Kier molecular flexibility index (Phi) is 13.7. The zero-order valence-corrected chi connectivity index (χ0v) is 25.8. The summed E-state index contributed by atoms with van der Waals surface area (Å²) in [5.41, 5.74) is 4.28. The van der Waals surface area contributed by atoms with Gasteiger partial charge in [0.1, 0.15) is 17.6 Å². The van der Waals surface area contributed by atoms with Crippen LogP contribution in [0, 0.1) is 21.4 Å². The lowest BCUT2D eigenvalue weighted by Gasteiger charge is -2.12. The summed E-state index contributed by atoms with van der Waals surface area (Å²) in [6.07, 6.45) is -4.38. The number of aromatic nitrogens is 2. The van der Waals surface area contributed by atoms with E-state index in [1.807, 2.05) is 6.07 Å². The summed E-state index contributed by atoms with van der Waals surface area (Å²) in [4.78, 5) is 36.0. The van der Waals surface area contributed by atoms with Gasteiger partial charge >= 0.3 is 25.4 Å². The van der Waals surface area contributed by atoms with Crippen molar-refractivity contribution < 1.29 is 47.5 Å². The van der Waals surface area contributed by atoms with Crippen molar-refractivity contribution in [3.8, 4) is 17.5 Å². The van der Waals surface area contributed by atoms with Crippen LogP contribution in [0.15, 0.2) is 39.4 Å². The molecule has 0 saturated carbocycles. The van der Waals surface area contributed by atoms with E-state index in [0.717, 1.165) is 10.9 Å². The lowest BCUT2D eigenvalue weighted by Crippen LogP contribution is -2.23. The number of nitrogens with two attached hydrogens (primary N) is 1. The Morgan fingerprint density at radius 3 is 2.07 bits per heavy atom. The summed E-state index contributed by atoms with van der Waals surface area (Å²) in [6, 6.07) is 6.35. The molecule has 0 bridgehead atoms. The number of aliphatic carboxylic acids is 1. The van der Waals surface area contributed by atoms with E-state index in [9.17, 15) is 37.8 Å². The van der Waals surface area contributed by atoms with E-state index < -0.39 is 54.6 Å². The van der Waals surface area contributed by atoms with Crippen LogP contribution in [-0.2, 0) is 15.5 Å². The first kappa shape index (κ1) is 37.1. The van der Waals surface area contributed by atoms with Crippen molar-refractivity contribution in [1.29, 1.82) is 5.26 Å². The number of nitrogen functional groups attached to an aromatic ring is 1. The Morgan fingerprint density at radius 1 is 1.21 bits per heavy atom. The van der Waals surface area contributed by atoms with Crippen LogP contribution in [0.4, 0.5) is 24.7 Å². The van der Waals surface area contributed by atoms with Gasteiger partial charge in [-0.05, 0) is 56.1 Å². The first-order chi connectivity index (χ1) is 19.2. The highest BCUT2D eigenvalue weighted by molar-refractivity contribution is 9.11. The molecule has 14 nitrogen and oxygen atoms in total. The van der Waals surface area contributed by atoms with E-state index in [1.165, 1.54) is 0 Å². The summed E-state index contributed by atoms with van der Waals surface area (Å²) in [7, 11) is -4.10. The molecule has 0 unspecified atom stereocenters. The number of phenolic OH excluding ortho intramolecular Hbond substituents is 1. The normalized spacial score (nSPS) is 11.0. The number of anilines is 1. The molecule has 0 amide bonds. The van der Waals surface area contributed by atoms with Crippen LogP contribution < -0.4 is 11.1 Å². The van der Waals surface area contributed by atoms with E-state index >= 15 is 0 Å². The zero-order chi connectivity index (χ0) is 32.6. The fraction of sp³-hybridized carbons (Fsp3) is 0.150. The van der Waals surface area contributed by atoms with Crippen LogP contribution in [0.5, 0.6) is 5.75 Å². The first-order valence-corrected chi connectivity index (χ1v) is 14.4. The van der Waals surface area contributed by atoms with Crippen molar-refractivity contribution in [2.75, 3.05) is 18.6 Å². The molecule has 1 heterocycles. The molecule has 42 heavy (non-hydrogen) atoms. The highest BCUT2D eigenvalue weighted by Crippen LogP contribution is 2.39. The number of benzene rings is 2. The average molecular weight is 787 g/mol. The maximum atomic E-state index is 12.6. The summed E-state index contributed by atoms with van der Waals surface area (Å²) in [5.74, 6) is -1.43. The van der Waals surface area contributed by atoms with E-state index in [-0.39, 0.29) is 21.5 Å².